The molecule has 0 spiro atoms. The standard InChI is InChI=1S/C7H4BrClF4N2O/c8-3-4(9)14-2-15-5(3)16-1-7(12,13)6(10)11/h2,6H,1H2. The van der Waals surface area contributed by atoms with Crippen LogP contribution < -0.4 is 4.74 Å². The molecule has 0 aliphatic rings. The van der Waals surface area contributed by atoms with Gasteiger partial charge in [-0.2, -0.15) is 8.78 Å². The molecule has 9 heteroatoms. The highest BCUT2D eigenvalue weighted by Gasteiger charge is 2.42. The van der Waals surface area contributed by atoms with Crippen LogP contribution in [0.1, 0.15) is 0 Å². The molecule has 0 aliphatic carbocycles. The number of aromatic nitrogens is 2. The van der Waals surface area contributed by atoms with Crippen LogP contribution in [0.15, 0.2) is 10.8 Å². The molecule has 1 rings (SSSR count). The summed E-state index contributed by atoms with van der Waals surface area (Å²) in [5.74, 6) is -4.56. The van der Waals surface area contributed by atoms with E-state index in [1.807, 2.05) is 0 Å². The quantitative estimate of drug-likeness (QED) is 0.630. The highest BCUT2D eigenvalue weighted by Crippen LogP contribution is 2.30. The first-order chi connectivity index (χ1) is 7.34. The third-order valence-corrected chi connectivity index (χ3v) is 2.67. The van der Waals surface area contributed by atoms with E-state index in [1.165, 1.54) is 0 Å². The maximum atomic E-state index is 12.5. The van der Waals surface area contributed by atoms with E-state index in [1.54, 1.807) is 0 Å². The second-order valence-electron chi connectivity index (χ2n) is 2.63. The minimum absolute atomic E-state index is 0.0294. The van der Waals surface area contributed by atoms with E-state index in [0.29, 0.717) is 0 Å². The molecule has 0 unspecified atom stereocenters. The van der Waals surface area contributed by atoms with Gasteiger partial charge in [0, 0.05) is 0 Å². The van der Waals surface area contributed by atoms with Gasteiger partial charge in [-0.1, -0.05) is 11.6 Å². The number of hydrogen-bond donors (Lipinski definition) is 0. The zero-order valence-corrected chi connectivity index (χ0v) is 9.77. The van der Waals surface area contributed by atoms with Crippen LogP contribution >= 0.6 is 27.5 Å². The molecular formula is C7H4BrClF4N2O. The third kappa shape index (κ3) is 3.18. The molecule has 0 fully saturated rings. The van der Waals surface area contributed by atoms with Gasteiger partial charge in [0.2, 0.25) is 5.88 Å². The Morgan fingerprint density at radius 3 is 2.62 bits per heavy atom. The van der Waals surface area contributed by atoms with Crippen molar-refractivity contribution in [2.24, 2.45) is 0 Å². The van der Waals surface area contributed by atoms with E-state index in [9.17, 15) is 17.6 Å². The molecule has 3 nitrogen and oxygen atoms in total. The van der Waals surface area contributed by atoms with Crippen LogP contribution in [0.5, 0.6) is 5.88 Å². The predicted octanol–water partition coefficient (Wildman–Crippen LogP) is 3.17. The first-order valence-electron chi connectivity index (χ1n) is 3.79. The number of rotatable bonds is 4. The summed E-state index contributed by atoms with van der Waals surface area (Å²) in [6.45, 7) is -1.49. The Morgan fingerprint density at radius 2 is 2.06 bits per heavy atom. The average molecular weight is 323 g/mol. The van der Waals surface area contributed by atoms with Gasteiger partial charge in [-0.15, -0.1) is 0 Å². The van der Waals surface area contributed by atoms with E-state index in [2.05, 4.69) is 30.6 Å². The summed E-state index contributed by atoms with van der Waals surface area (Å²) in [5.41, 5.74) is 0. The molecule has 1 aromatic heterocycles. The largest absolute Gasteiger partial charge is 0.470 e. The normalized spacial score (nSPS) is 11.9. The van der Waals surface area contributed by atoms with Crippen LogP contribution in [0.3, 0.4) is 0 Å². The monoisotopic (exact) mass is 322 g/mol. The van der Waals surface area contributed by atoms with Gasteiger partial charge in [0.1, 0.15) is 10.8 Å². The molecule has 1 aromatic rings. The molecule has 0 bridgehead atoms. The van der Waals surface area contributed by atoms with Gasteiger partial charge in [-0.05, 0) is 15.9 Å². The smallest absolute Gasteiger partial charge is 0.340 e. The molecule has 0 aromatic carbocycles. The van der Waals surface area contributed by atoms with E-state index >= 15 is 0 Å². The molecule has 0 saturated carbocycles. The maximum absolute atomic E-state index is 12.5. The SMILES string of the molecule is FC(F)C(F)(F)COc1ncnc(Cl)c1Br. The van der Waals surface area contributed by atoms with Crippen molar-refractivity contribution >= 4 is 27.5 Å². The van der Waals surface area contributed by atoms with Crippen molar-refractivity contribution in [3.63, 3.8) is 0 Å². The van der Waals surface area contributed by atoms with Gasteiger partial charge in [-0.25, -0.2) is 18.7 Å². The maximum Gasteiger partial charge on any atom is 0.340 e. The molecule has 16 heavy (non-hydrogen) atoms. The van der Waals surface area contributed by atoms with Gasteiger partial charge in [0.25, 0.3) is 0 Å². The fourth-order valence-electron chi connectivity index (χ4n) is 0.662. The number of halogens is 6. The molecule has 0 saturated heterocycles. The lowest BCUT2D eigenvalue weighted by atomic mass is 10.4. The first-order valence-corrected chi connectivity index (χ1v) is 4.96. The van der Waals surface area contributed by atoms with E-state index in [4.69, 9.17) is 11.6 Å². The molecule has 0 aliphatic heterocycles. The summed E-state index contributed by atoms with van der Waals surface area (Å²) in [5, 5.41) is -0.0645. The number of hydrogen-bond acceptors (Lipinski definition) is 3. The highest BCUT2D eigenvalue weighted by atomic mass is 79.9. The minimum Gasteiger partial charge on any atom is -0.470 e. The zero-order valence-electron chi connectivity index (χ0n) is 7.43. The van der Waals surface area contributed by atoms with E-state index in [0.717, 1.165) is 6.33 Å². The van der Waals surface area contributed by atoms with Crippen molar-refractivity contribution in [3.8, 4) is 5.88 Å². The van der Waals surface area contributed by atoms with Gasteiger partial charge in [0.05, 0.1) is 0 Å². The number of nitrogens with zero attached hydrogens (tertiary/aromatic N) is 2. The lowest BCUT2D eigenvalue weighted by Crippen LogP contribution is -2.34. The molecule has 0 amide bonds. The second-order valence-corrected chi connectivity index (χ2v) is 3.79. The Kier molecular flexibility index (Phi) is 4.31. The van der Waals surface area contributed by atoms with Crippen LogP contribution in [0.2, 0.25) is 5.15 Å². The summed E-state index contributed by atoms with van der Waals surface area (Å²) in [6, 6.07) is 0. The Balaban J connectivity index is 2.72. The summed E-state index contributed by atoms with van der Waals surface area (Å²) in [7, 11) is 0. The van der Waals surface area contributed by atoms with Crippen LogP contribution in [0.25, 0.3) is 0 Å². The Morgan fingerprint density at radius 1 is 1.44 bits per heavy atom. The van der Waals surface area contributed by atoms with Crippen LogP contribution in [0, 0.1) is 0 Å². The lowest BCUT2D eigenvalue weighted by Gasteiger charge is -2.15. The van der Waals surface area contributed by atoms with Gasteiger partial charge in [0.15, 0.2) is 11.8 Å². The van der Waals surface area contributed by atoms with Crippen molar-refractivity contribution in [3.05, 3.63) is 16.0 Å². The molecule has 0 atom stereocenters. The number of ether oxygens (including phenoxy) is 1. The second kappa shape index (κ2) is 5.13. The minimum atomic E-state index is -4.24. The van der Waals surface area contributed by atoms with Crippen LogP contribution in [0.4, 0.5) is 17.6 Å². The van der Waals surface area contributed by atoms with Crippen molar-refractivity contribution < 1.29 is 22.3 Å². The molecule has 0 radical (unpaired) electrons. The van der Waals surface area contributed by atoms with Gasteiger partial charge < -0.3 is 4.74 Å². The fraction of sp³-hybridized carbons (Fsp3) is 0.429. The van der Waals surface area contributed by atoms with E-state index < -0.39 is 19.0 Å². The molecule has 0 N–H and O–H groups in total. The van der Waals surface area contributed by atoms with Crippen LogP contribution in [-0.2, 0) is 0 Å². The first kappa shape index (κ1) is 13.4. The molecule has 90 valence electrons. The summed E-state index contributed by atoms with van der Waals surface area (Å²) < 4.78 is 53.0. The molecular weight excluding hydrogens is 319 g/mol. The van der Waals surface area contributed by atoms with Crippen LogP contribution in [-0.4, -0.2) is 28.9 Å². The van der Waals surface area contributed by atoms with Gasteiger partial charge >= 0.3 is 12.3 Å². The van der Waals surface area contributed by atoms with Gasteiger partial charge in [-0.3, -0.25) is 0 Å². The Labute approximate surface area is 101 Å². The van der Waals surface area contributed by atoms with Crippen molar-refractivity contribution in [1.82, 2.24) is 9.97 Å². The van der Waals surface area contributed by atoms with Crippen molar-refractivity contribution in [2.75, 3.05) is 6.61 Å². The highest BCUT2D eigenvalue weighted by molar-refractivity contribution is 9.10. The average Bonchev–Trinajstić information content (AvgIpc) is 2.20. The Bertz CT molecular complexity index is 379. The number of alkyl halides is 4. The molecule has 1 heterocycles. The topological polar surface area (TPSA) is 35.0 Å². The predicted molar refractivity (Wildman–Crippen MR) is 51.2 cm³/mol. The lowest BCUT2D eigenvalue weighted by molar-refractivity contribution is -0.148. The Hall–Kier alpha value is -0.630. The third-order valence-electron chi connectivity index (χ3n) is 1.44. The summed E-state index contributed by atoms with van der Waals surface area (Å²) in [4.78, 5) is 6.97. The zero-order chi connectivity index (χ0) is 12.3. The fourth-order valence-corrected chi connectivity index (χ4v) is 1.11. The van der Waals surface area contributed by atoms with Crippen molar-refractivity contribution in [1.29, 1.82) is 0 Å². The van der Waals surface area contributed by atoms with E-state index in [-0.39, 0.29) is 15.5 Å². The van der Waals surface area contributed by atoms with Crippen molar-refractivity contribution in [2.45, 2.75) is 12.3 Å². The summed E-state index contributed by atoms with van der Waals surface area (Å²) >= 11 is 8.38. The summed E-state index contributed by atoms with van der Waals surface area (Å²) in [6.07, 6.45) is -2.84.